The van der Waals surface area contributed by atoms with E-state index in [0.29, 0.717) is 11.3 Å². The molecule has 0 saturated carbocycles. The molecule has 2 rings (SSSR count). The normalized spacial score (nSPS) is 11.6. The number of hydrogen-bond donors (Lipinski definition) is 0. The van der Waals surface area contributed by atoms with Gasteiger partial charge in [-0.15, -0.1) is 22.0 Å². The number of rotatable bonds is 2. The van der Waals surface area contributed by atoms with E-state index >= 15 is 0 Å². The number of aromatic nitrogens is 2. The van der Waals surface area contributed by atoms with Crippen molar-refractivity contribution in [2.24, 2.45) is 0 Å². The van der Waals surface area contributed by atoms with Crippen molar-refractivity contribution in [2.75, 3.05) is 6.26 Å². The average Bonchev–Trinajstić information content (AvgIpc) is 2.38. The second kappa shape index (κ2) is 4.97. The van der Waals surface area contributed by atoms with Crippen molar-refractivity contribution in [3.63, 3.8) is 0 Å². The first kappa shape index (κ1) is 12.9. The Morgan fingerprint density at radius 1 is 1.06 bits per heavy atom. The number of nitrogens with zero attached hydrogens (tertiary/aromatic N) is 2. The summed E-state index contributed by atoms with van der Waals surface area (Å²) in [5.41, 5.74) is 0.152. The molecule has 2 nitrogen and oxygen atoms in total. The lowest BCUT2D eigenvalue weighted by Crippen LogP contribution is -2.04. The van der Waals surface area contributed by atoms with Crippen molar-refractivity contribution in [3.05, 3.63) is 42.0 Å². The maximum atomic E-state index is 12.6. The Hall–Kier alpha value is -1.56. The number of alkyl halides is 3. The zero-order chi connectivity index (χ0) is 13.2. The molecular formula is C12H9F3N2S. The van der Waals surface area contributed by atoms with Gasteiger partial charge in [-0.1, -0.05) is 12.1 Å². The highest BCUT2D eigenvalue weighted by Crippen LogP contribution is 2.31. The lowest BCUT2D eigenvalue weighted by molar-refractivity contribution is -0.137. The average molecular weight is 270 g/mol. The summed E-state index contributed by atoms with van der Waals surface area (Å²) in [6, 6.07) is 8.44. The number of hydrogen-bond acceptors (Lipinski definition) is 3. The zero-order valence-corrected chi connectivity index (χ0v) is 10.2. The molecule has 0 aliphatic carbocycles. The van der Waals surface area contributed by atoms with Crippen LogP contribution >= 0.6 is 11.8 Å². The molecule has 94 valence electrons. The molecule has 1 aromatic carbocycles. The van der Waals surface area contributed by atoms with E-state index in [9.17, 15) is 13.2 Å². The van der Waals surface area contributed by atoms with E-state index in [1.807, 2.05) is 6.26 Å². The van der Waals surface area contributed by atoms with Crippen LogP contribution < -0.4 is 0 Å². The third-order valence-electron chi connectivity index (χ3n) is 2.33. The molecule has 2 aromatic rings. The predicted octanol–water partition coefficient (Wildman–Crippen LogP) is 3.88. The fraction of sp³-hybridized carbons (Fsp3) is 0.167. The maximum Gasteiger partial charge on any atom is 0.416 e. The van der Waals surface area contributed by atoms with E-state index in [4.69, 9.17) is 0 Å². The molecule has 0 radical (unpaired) electrons. The van der Waals surface area contributed by atoms with E-state index in [2.05, 4.69) is 10.2 Å². The molecule has 0 unspecified atom stereocenters. The van der Waals surface area contributed by atoms with Crippen molar-refractivity contribution in [3.8, 4) is 11.3 Å². The van der Waals surface area contributed by atoms with Crippen molar-refractivity contribution >= 4 is 11.8 Å². The van der Waals surface area contributed by atoms with Crippen molar-refractivity contribution in [1.29, 1.82) is 0 Å². The summed E-state index contributed by atoms with van der Waals surface area (Å²) in [7, 11) is 0. The van der Waals surface area contributed by atoms with Crippen LogP contribution in [0.1, 0.15) is 5.56 Å². The summed E-state index contributed by atoms with van der Waals surface area (Å²) in [6.45, 7) is 0. The first-order valence-corrected chi connectivity index (χ1v) is 6.28. The largest absolute Gasteiger partial charge is 0.416 e. The molecule has 0 spiro atoms. The molecule has 0 fully saturated rings. The molecule has 18 heavy (non-hydrogen) atoms. The van der Waals surface area contributed by atoms with Gasteiger partial charge in [0.2, 0.25) is 0 Å². The Morgan fingerprint density at radius 3 is 2.39 bits per heavy atom. The lowest BCUT2D eigenvalue weighted by Gasteiger charge is -2.08. The second-order valence-electron chi connectivity index (χ2n) is 3.54. The second-order valence-corrected chi connectivity index (χ2v) is 4.37. The molecular weight excluding hydrogens is 261 g/mol. The van der Waals surface area contributed by atoms with Gasteiger partial charge in [-0.25, -0.2) is 0 Å². The highest BCUT2D eigenvalue weighted by Gasteiger charge is 2.30. The van der Waals surface area contributed by atoms with Crippen LogP contribution in [0.25, 0.3) is 11.3 Å². The molecule has 1 heterocycles. The Balaban J connectivity index is 2.38. The van der Waals surface area contributed by atoms with E-state index in [1.54, 1.807) is 18.2 Å². The van der Waals surface area contributed by atoms with Crippen LogP contribution in [0, 0.1) is 0 Å². The van der Waals surface area contributed by atoms with E-state index in [0.717, 1.165) is 17.2 Å². The summed E-state index contributed by atoms with van der Waals surface area (Å²) < 4.78 is 37.7. The highest BCUT2D eigenvalue weighted by molar-refractivity contribution is 7.98. The number of halogens is 3. The minimum atomic E-state index is -4.34. The molecule has 0 saturated heterocycles. The lowest BCUT2D eigenvalue weighted by atomic mass is 10.1. The van der Waals surface area contributed by atoms with Crippen LogP contribution in [0.15, 0.2) is 41.4 Å². The maximum absolute atomic E-state index is 12.6. The zero-order valence-electron chi connectivity index (χ0n) is 9.40. The van der Waals surface area contributed by atoms with Gasteiger partial charge >= 0.3 is 6.18 Å². The van der Waals surface area contributed by atoms with E-state index < -0.39 is 11.7 Å². The Bertz CT molecular complexity index is 538. The summed E-state index contributed by atoms with van der Waals surface area (Å²) in [5, 5.41) is 8.53. The van der Waals surface area contributed by atoms with Gasteiger partial charge in [0.1, 0.15) is 5.03 Å². The third-order valence-corrected chi connectivity index (χ3v) is 2.97. The van der Waals surface area contributed by atoms with Gasteiger partial charge in [0.15, 0.2) is 0 Å². The van der Waals surface area contributed by atoms with Crippen molar-refractivity contribution in [2.45, 2.75) is 11.2 Å². The van der Waals surface area contributed by atoms with Crippen LogP contribution in [0.2, 0.25) is 0 Å². The van der Waals surface area contributed by atoms with Crippen LogP contribution in [0.5, 0.6) is 0 Å². The van der Waals surface area contributed by atoms with Crippen LogP contribution in [-0.4, -0.2) is 16.5 Å². The molecule has 0 amide bonds. The molecule has 0 aliphatic rings. The van der Waals surface area contributed by atoms with Gasteiger partial charge in [0.25, 0.3) is 0 Å². The third kappa shape index (κ3) is 2.81. The fourth-order valence-electron chi connectivity index (χ4n) is 1.44. The number of benzene rings is 1. The molecule has 0 bridgehead atoms. The van der Waals surface area contributed by atoms with Gasteiger partial charge in [0, 0.05) is 5.56 Å². The summed E-state index contributed by atoms with van der Waals surface area (Å²) in [6.07, 6.45) is -2.49. The number of thioether (sulfide) groups is 1. The standard InChI is InChI=1S/C12H9F3N2S/c1-18-11-6-5-10(16-17-11)8-3-2-4-9(7-8)12(13,14)15/h2-7H,1H3. The summed E-state index contributed by atoms with van der Waals surface area (Å²) >= 11 is 1.43. The minimum absolute atomic E-state index is 0.407. The van der Waals surface area contributed by atoms with Crippen LogP contribution in [0.4, 0.5) is 13.2 Å². The quantitative estimate of drug-likeness (QED) is 0.774. The fourth-order valence-corrected chi connectivity index (χ4v) is 1.76. The van der Waals surface area contributed by atoms with Crippen molar-refractivity contribution in [1.82, 2.24) is 10.2 Å². The monoisotopic (exact) mass is 270 g/mol. The first-order chi connectivity index (χ1) is 8.50. The van der Waals surface area contributed by atoms with Gasteiger partial charge < -0.3 is 0 Å². The minimum Gasteiger partial charge on any atom is -0.166 e. The van der Waals surface area contributed by atoms with Gasteiger partial charge in [0.05, 0.1) is 11.3 Å². The van der Waals surface area contributed by atoms with Crippen LogP contribution in [0.3, 0.4) is 0 Å². The Kier molecular flexibility index (Phi) is 3.56. The SMILES string of the molecule is CSc1ccc(-c2cccc(C(F)(F)F)c2)nn1. The van der Waals surface area contributed by atoms with Crippen molar-refractivity contribution < 1.29 is 13.2 Å². The molecule has 0 N–H and O–H groups in total. The topological polar surface area (TPSA) is 25.8 Å². The molecule has 6 heteroatoms. The highest BCUT2D eigenvalue weighted by atomic mass is 32.2. The Morgan fingerprint density at radius 2 is 1.83 bits per heavy atom. The Labute approximate surface area is 106 Å². The first-order valence-electron chi connectivity index (χ1n) is 5.06. The van der Waals surface area contributed by atoms with Crippen LogP contribution in [-0.2, 0) is 6.18 Å². The van der Waals surface area contributed by atoms with E-state index in [1.165, 1.54) is 17.8 Å². The smallest absolute Gasteiger partial charge is 0.166 e. The van der Waals surface area contributed by atoms with Gasteiger partial charge in [-0.05, 0) is 30.5 Å². The van der Waals surface area contributed by atoms with Gasteiger partial charge in [-0.2, -0.15) is 13.2 Å². The molecule has 1 aromatic heterocycles. The molecule has 0 aliphatic heterocycles. The molecule has 0 atom stereocenters. The van der Waals surface area contributed by atoms with E-state index in [-0.39, 0.29) is 0 Å². The summed E-state index contributed by atoms with van der Waals surface area (Å²) in [5.74, 6) is 0. The predicted molar refractivity (Wildman–Crippen MR) is 64.3 cm³/mol. The van der Waals surface area contributed by atoms with Gasteiger partial charge in [-0.3, -0.25) is 0 Å². The summed E-state index contributed by atoms with van der Waals surface area (Å²) in [4.78, 5) is 0.